The Morgan fingerprint density at radius 2 is 1.68 bits per heavy atom. The van der Waals surface area contributed by atoms with E-state index in [1.54, 1.807) is 54.6 Å². The molecule has 178 valence electrons. The second kappa shape index (κ2) is 12.4. The molecule has 0 radical (unpaired) electrons. The van der Waals surface area contributed by atoms with Gasteiger partial charge in [-0.3, -0.25) is 4.79 Å². The maximum atomic E-state index is 13.0. The number of hydrogen-bond acceptors (Lipinski definition) is 4. The van der Waals surface area contributed by atoms with E-state index in [1.165, 1.54) is 12.1 Å². The molecule has 0 spiro atoms. The van der Waals surface area contributed by atoms with Crippen LogP contribution >= 0.6 is 0 Å². The Balaban J connectivity index is 1.48. The van der Waals surface area contributed by atoms with Crippen LogP contribution in [-0.2, 0) is 13.2 Å². The number of halogens is 1. The lowest BCUT2D eigenvalue weighted by Gasteiger charge is -2.12. The quantitative estimate of drug-likeness (QED) is 0.423. The van der Waals surface area contributed by atoms with E-state index in [2.05, 4.69) is 16.0 Å². The highest BCUT2D eigenvalue weighted by atomic mass is 19.1. The summed E-state index contributed by atoms with van der Waals surface area (Å²) in [7, 11) is 3.89. The van der Waals surface area contributed by atoms with E-state index < -0.39 is 0 Å². The maximum absolute atomic E-state index is 13.0. The first-order valence-corrected chi connectivity index (χ1v) is 10.9. The molecule has 0 atom stereocenters. The molecule has 0 fully saturated rings. The van der Waals surface area contributed by atoms with Gasteiger partial charge in [-0.2, -0.15) is 0 Å². The molecule has 8 heteroatoms. The first kappa shape index (κ1) is 24.7. The molecule has 3 amide bonds. The zero-order valence-electron chi connectivity index (χ0n) is 19.3. The maximum Gasteiger partial charge on any atom is 0.319 e. The van der Waals surface area contributed by atoms with Gasteiger partial charge in [0, 0.05) is 37.0 Å². The lowest BCUT2D eigenvalue weighted by Crippen LogP contribution is -2.31. The number of nitrogens with zero attached hydrogens (tertiary/aromatic N) is 1. The standard InChI is InChI=1S/C26H29FN4O3/c1-31(2)14-13-28-25(32)21-6-3-5-20(15-21)17-29-26(33)30-23-7-4-8-24(16-23)34-18-19-9-11-22(27)12-10-19/h3-12,15-16H,13-14,17-18H2,1-2H3,(H,28,32)(H2,29,30,33). The van der Waals surface area contributed by atoms with Crippen molar-refractivity contribution in [1.82, 2.24) is 15.5 Å². The summed E-state index contributed by atoms with van der Waals surface area (Å²) in [5.74, 6) is 0.136. The number of benzene rings is 3. The van der Waals surface area contributed by atoms with Gasteiger partial charge in [-0.15, -0.1) is 0 Å². The second-order valence-electron chi connectivity index (χ2n) is 8.01. The van der Waals surface area contributed by atoms with Crippen molar-refractivity contribution in [3.05, 3.63) is 95.3 Å². The molecular formula is C26H29FN4O3. The van der Waals surface area contributed by atoms with Gasteiger partial charge in [0.1, 0.15) is 18.2 Å². The number of amides is 3. The molecule has 3 rings (SSSR count). The molecule has 0 heterocycles. The number of anilines is 1. The molecule has 3 N–H and O–H groups in total. The van der Waals surface area contributed by atoms with Gasteiger partial charge in [0.2, 0.25) is 0 Å². The highest BCUT2D eigenvalue weighted by Gasteiger charge is 2.08. The van der Waals surface area contributed by atoms with Crippen LogP contribution in [0.5, 0.6) is 5.75 Å². The number of carbonyl (C=O) groups is 2. The minimum absolute atomic E-state index is 0.148. The fourth-order valence-electron chi connectivity index (χ4n) is 3.09. The number of likely N-dealkylation sites (N-methyl/N-ethyl adjacent to an activating group) is 1. The third-order valence-corrected chi connectivity index (χ3v) is 4.90. The monoisotopic (exact) mass is 464 g/mol. The van der Waals surface area contributed by atoms with Crippen LogP contribution in [0.4, 0.5) is 14.9 Å². The summed E-state index contributed by atoms with van der Waals surface area (Å²) in [6, 6.07) is 19.9. The molecule has 3 aromatic rings. The minimum atomic E-state index is -0.378. The van der Waals surface area contributed by atoms with E-state index in [0.29, 0.717) is 23.5 Å². The Bertz CT molecular complexity index is 1100. The smallest absolute Gasteiger partial charge is 0.319 e. The van der Waals surface area contributed by atoms with Gasteiger partial charge >= 0.3 is 6.03 Å². The summed E-state index contributed by atoms with van der Waals surface area (Å²) in [5.41, 5.74) is 2.77. The first-order valence-electron chi connectivity index (χ1n) is 10.9. The van der Waals surface area contributed by atoms with E-state index in [1.807, 2.05) is 25.1 Å². The summed E-state index contributed by atoms with van der Waals surface area (Å²) in [4.78, 5) is 26.6. The Labute approximate surface area is 198 Å². The Hall–Kier alpha value is -3.91. The van der Waals surface area contributed by atoms with Gasteiger partial charge in [-0.05, 0) is 61.6 Å². The van der Waals surface area contributed by atoms with Crippen LogP contribution < -0.4 is 20.7 Å². The fourth-order valence-corrected chi connectivity index (χ4v) is 3.09. The highest BCUT2D eigenvalue weighted by Crippen LogP contribution is 2.19. The SMILES string of the molecule is CN(C)CCNC(=O)c1cccc(CNC(=O)Nc2cccc(OCc3ccc(F)cc3)c2)c1. The predicted octanol–water partition coefficient (Wildman–Crippen LogP) is 4.02. The molecule has 0 saturated heterocycles. The van der Waals surface area contributed by atoms with Crippen molar-refractivity contribution in [3.63, 3.8) is 0 Å². The van der Waals surface area contributed by atoms with Crippen LogP contribution in [0.25, 0.3) is 0 Å². The van der Waals surface area contributed by atoms with Crippen molar-refractivity contribution in [2.75, 3.05) is 32.5 Å². The molecular weight excluding hydrogens is 435 g/mol. The van der Waals surface area contributed by atoms with E-state index in [4.69, 9.17) is 4.74 Å². The Morgan fingerprint density at radius 3 is 2.44 bits per heavy atom. The van der Waals surface area contributed by atoms with Crippen molar-refractivity contribution >= 4 is 17.6 Å². The number of carbonyl (C=O) groups excluding carboxylic acids is 2. The van der Waals surface area contributed by atoms with Crippen LogP contribution in [-0.4, -0.2) is 44.0 Å². The van der Waals surface area contributed by atoms with Crippen LogP contribution in [0, 0.1) is 5.82 Å². The number of ether oxygens (including phenoxy) is 1. The third kappa shape index (κ3) is 8.22. The molecule has 0 saturated carbocycles. The molecule has 34 heavy (non-hydrogen) atoms. The van der Waals surface area contributed by atoms with Crippen molar-refractivity contribution in [1.29, 1.82) is 0 Å². The zero-order chi connectivity index (χ0) is 24.3. The molecule has 7 nitrogen and oxygen atoms in total. The summed E-state index contributed by atoms with van der Waals surface area (Å²) in [6.45, 7) is 1.87. The van der Waals surface area contributed by atoms with Crippen LogP contribution in [0.15, 0.2) is 72.8 Å². The fraction of sp³-hybridized carbons (Fsp3) is 0.231. The number of urea groups is 1. The Morgan fingerprint density at radius 1 is 0.912 bits per heavy atom. The van der Waals surface area contributed by atoms with Gasteiger partial charge < -0.3 is 25.6 Å². The Kier molecular flexibility index (Phi) is 8.99. The summed E-state index contributed by atoms with van der Waals surface area (Å²) in [5, 5.41) is 8.43. The average molecular weight is 465 g/mol. The summed E-state index contributed by atoms with van der Waals surface area (Å²) < 4.78 is 18.7. The van der Waals surface area contributed by atoms with Crippen molar-refractivity contribution < 1.29 is 18.7 Å². The zero-order valence-corrected chi connectivity index (χ0v) is 19.3. The van der Waals surface area contributed by atoms with E-state index in [-0.39, 0.29) is 30.9 Å². The van der Waals surface area contributed by atoms with E-state index in [9.17, 15) is 14.0 Å². The van der Waals surface area contributed by atoms with Crippen LogP contribution in [0.1, 0.15) is 21.5 Å². The van der Waals surface area contributed by atoms with Gasteiger partial charge in [0.05, 0.1) is 0 Å². The lowest BCUT2D eigenvalue weighted by atomic mass is 10.1. The molecule has 0 unspecified atom stereocenters. The van der Waals surface area contributed by atoms with Crippen LogP contribution in [0.2, 0.25) is 0 Å². The summed E-state index contributed by atoms with van der Waals surface area (Å²) >= 11 is 0. The molecule has 0 bridgehead atoms. The van der Waals surface area contributed by atoms with Gasteiger partial charge in [-0.25, -0.2) is 9.18 Å². The van der Waals surface area contributed by atoms with Crippen LogP contribution in [0.3, 0.4) is 0 Å². The minimum Gasteiger partial charge on any atom is -0.489 e. The topological polar surface area (TPSA) is 82.7 Å². The first-order chi connectivity index (χ1) is 16.4. The van der Waals surface area contributed by atoms with Gasteiger partial charge in [0.15, 0.2) is 0 Å². The predicted molar refractivity (Wildman–Crippen MR) is 130 cm³/mol. The lowest BCUT2D eigenvalue weighted by molar-refractivity contribution is 0.0951. The normalized spacial score (nSPS) is 10.6. The summed E-state index contributed by atoms with van der Waals surface area (Å²) in [6.07, 6.45) is 0. The number of hydrogen-bond donors (Lipinski definition) is 3. The highest BCUT2D eigenvalue weighted by molar-refractivity contribution is 5.94. The molecule has 0 aromatic heterocycles. The molecule has 0 aliphatic rings. The van der Waals surface area contributed by atoms with Crippen molar-refractivity contribution in [2.24, 2.45) is 0 Å². The second-order valence-corrected chi connectivity index (χ2v) is 8.01. The van der Waals surface area contributed by atoms with Gasteiger partial charge in [-0.1, -0.05) is 30.3 Å². The molecule has 0 aliphatic heterocycles. The van der Waals surface area contributed by atoms with Crippen molar-refractivity contribution in [2.45, 2.75) is 13.2 Å². The largest absolute Gasteiger partial charge is 0.489 e. The number of rotatable bonds is 10. The van der Waals surface area contributed by atoms with Crippen molar-refractivity contribution in [3.8, 4) is 5.75 Å². The molecule has 3 aromatic carbocycles. The molecule has 0 aliphatic carbocycles. The third-order valence-electron chi connectivity index (χ3n) is 4.90. The van der Waals surface area contributed by atoms with Gasteiger partial charge in [0.25, 0.3) is 5.91 Å². The van der Waals surface area contributed by atoms with E-state index >= 15 is 0 Å². The number of nitrogens with one attached hydrogen (secondary N) is 3. The average Bonchev–Trinajstić information content (AvgIpc) is 2.82. The van der Waals surface area contributed by atoms with E-state index in [0.717, 1.165) is 17.7 Å².